The van der Waals surface area contributed by atoms with E-state index < -0.39 is 5.54 Å². The summed E-state index contributed by atoms with van der Waals surface area (Å²) in [6, 6.07) is 12.7. The van der Waals surface area contributed by atoms with Gasteiger partial charge >= 0.3 is 0 Å². The van der Waals surface area contributed by atoms with Crippen molar-refractivity contribution < 1.29 is 4.39 Å². The van der Waals surface area contributed by atoms with E-state index in [4.69, 9.17) is 22.3 Å². The number of H-pyrrole nitrogens is 1. The summed E-state index contributed by atoms with van der Waals surface area (Å²) < 4.78 is 15.3. The summed E-state index contributed by atoms with van der Waals surface area (Å²) in [5, 5.41) is 12.1. The molecule has 0 bridgehead atoms. The molecule has 4 heterocycles. The molecule has 1 aliphatic heterocycles. The lowest BCUT2D eigenvalue weighted by Crippen LogP contribution is -2.49. The Hall–Kier alpha value is -3.58. The van der Waals surface area contributed by atoms with Crippen molar-refractivity contribution in [3.05, 3.63) is 69.7 Å². The van der Waals surface area contributed by atoms with Crippen LogP contribution in [0.3, 0.4) is 0 Å². The van der Waals surface area contributed by atoms with Gasteiger partial charge in [-0.1, -0.05) is 35.9 Å². The van der Waals surface area contributed by atoms with Crippen LogP contribution < -0.4 is 10.6 Å². The molecule has 180 valence electrons. The first-order valence-corrected chi connectivity index (χ1v) is 12.7. The standard InChI is InChI=1S/C26H21ClFN7S/c1-14-32-19-7-6-15(22(27)23(19)36-14)16-13-31-24-21(16)20(12-29)33-25(34-24)35-10-8-26(30,9-11-35)17-4-2-3-5-18(17)28/h2-7,13H,8-11,30H2,1H3,(H,31,33,34). The molecule has 1 saturated heterocycles. The summed E-state index contributed by atoms with van der Waals surface area (Å²) in [5.74, 6) is 0.157. The Labute approximate surface area is 215 Å². The number of halogens is 2. The number of anilines is 1. The van der Waals surface area contributed by atoms with Crippen LogP contribution in [0, 0.1) is 24.1 Å². The largest absolute Gasteiger partial charge is 0.345 e. The lowest BCUT2D eigenvalue weighted by atomic mass is 9.81. The summed E-state index contributed by atoms with van der Waals surface area (Å²) in [4.78, 5) is 19.0. The lowest BCUT2D eigenvalue weighted by molar-refractivity contribution is 0.328. The van der Waals surface area contributed by atoms with Crippen molar-refractivity contribution in [3.8, 4) is 17.2 Å². The Morgan fingerprint density at radius 1 is 1.14 bits per heavy atom. The quantitative estimate of drug-likeness (QED) is 0.319. The van der Waals surface area contributed by atoms with Crippen molar-refractivity contribution in [3.63, 3.8) is 0 Å². The number of nitrogens with zero attached hydrogens (tertiary/aromatic N) is 5. The monoisotopic (exact) mass is 517 g/mol. The number of nitrogens with two attached hydrogens (primary N) is 1. The fourth-order valence-corrected chi connectivity index (χ4v) is 6.21. The number of hydrogen-bond donors (Lipinski definition) is 2. The molecule has 0 spiro atoms. The Morgan fingerprint density at radius 2 is 1.92 bits per heavy atom. The topological polar surface area (TPSA) is 108 Å². The van der Waals surface area contributed by atoms with Crippen LogP contribution in [0.15, 0.2) is 42.6 Å². The second kappa shape index (κ2) is 8.52. The number of nitrogens with one attached hydrogen (secondary N) is 1. The van der Waals surface area contributed by atoms with Gasteiger partial charge in [-0.05, 0) is 31.9 Å². The molecule has 0 amide bonds. The molecule has 3 N–H and O–H groups in total. The van der Waals surface area contributed by atoms with E-state index in [1.54, 1.807) is 18.2 Å². The summed E-state index contributed by atoms with van der Waals surface area (Å²) in [5.41, 5.74) is 9.61. The van der Waals surface area contributed by atoms with E-state index in [-0.39, 0.29) is 11.5 Å². The molecule has 1 aliphatic rings. The molecule has 3 aromatic heterocycles. The minimum atomic E-state index is -0.756. The minimum Gasteiger partial charge on any atom is -0.345 e. The molecule has 36 heavy (non-hydrogen) atoms. The maximum Gasteiger partial charge on any atom is 0.228 e. The zero-order valence-corrected chi connectivity index (χ0v) is 20.9. The molecule has 0 aliphatic carbocycles. The Bertz CT molecular complexity index is 1680. The molecule has 6 rings (SSSR count). The predicted molar refractivity (Wildman–Crippen MR) is 141 cm³/mol. The highest BCUT2D eigenvalue weighted by atomic mass is 35.5. The van der Waals surface area contributed by atoms with Crippen LogP contribution in [-0.2, 0) is 5.54 Å². The smallest absolute Gasteiger partial charge is 0.228 e. The number of aromatic nitrogens is 4. The molecule has 0 saturated carbocycles. The average molecular weight is 518 g/mol. The van der Waals surface area contributed by atoms with Crippen LogP contribution in [0.1, 0.15) is 29.1 Å². The van der Waals surface area contributed by atoms with E-state index in [1.807, 2.05) is 30.2 Å². The number of piperidine rings is 1. The van der Waals surface area contributed by atoms with E-state index in [1.165, 1.54) is 17.4 Å². The Morgan fingerprint density at radius 3 is 2.67 bits per heavy atom. The van der Waals surface area contributed by atoms with Crippen LogP contribution in [0.5, 0.6) is 0 Å². The van der Waals surface area contributed by atoms with E-state index in [9.17, 15) is 9.65 Å². The average Bonchev–Trinajstić information content (AvgIpc) is 3.48. The first kappa shape index (κ1) is 22.9. The fraction of sp³-hybridized carbons (Fsp3) is 0.231. The van der Waals surface area contributed by atoms with Crippen LogP contribution in [0.4, 0.5) is 10.3 Å². The summed E-state index contributed by atoms with van der Waals surface area (Å²) in [7, 11) is 0. The van der Waals surface area contributed by atoms with Crippen LogP contribution in [0.25, 0.3) is 32.4 Å². The van der Waals surface area contributed by atoms with Crippen LogP contribution in [-0.4, -0.2) is 33.0 Å². The SMILES string of the molecule is Cc1nc2ccc(-c3c[nH]c4nc(N5CCC(N)(c6ccccc6F)CC5)nc(C#N)c34)c(Cl)c2s1. The number of thiazole rings is 1. The highest BCUT2D eigenvalue weighted by Gasteiger charge is 2.35. The molecule has 5 aromatic rings. The molecule has 0 atom stereocenters. The number of nitriles is 1. The maximum absolute atomic E-state index is 14.4. The van der Waals surface area contributed by atoms with Crippen molar-refractivity contribution in [1.82, 2.24) is 19.9 Å². The van der Waals surface area contributed by atoms with Gasteiger partial charge < -0.3 is 15.6 Å². The Kier molecular flexibility index (Phi) is 5.41. The van der Waals surface area contributed by atoms with E-state index in [2.05, 4.69) is 21.0 Å². The minimum absolute atomic E-state index is 0.265. The van der Waals surface area contributed by atoms with Gasteiger partial charge in [-0.25, -0.2) is 14.4 Å². The van der Waals surface area contributed by atoms with Gasteiger partial charge in [0.1, 0.15) is 17.5 Å². The van der Waals surface area contributed by atoms with E-state index in [0.717, 1.165) is 26.4 Å². The van der Waals surface area contributed by atoms with Crippen LogP contribution in [0.2, 0.25) is 5.02 Å². The lowest BCUT2D eigenvalue weighted by Gasteiger charge is -2.39. The zero-order valence-electron chi connectivity index (χ0n) is 19.3. The van der Waals surface area contributed by atoms with Crippen molar-refractivity contribution in [2.24, 2.45) is 5.73 Å². The molecule has 1 fully saturated rings. The highest BCUT2D eigenvalue weighted by Crippen LogP contribution is 2.41. The second-order valence-electron chi connectivity index (χ2n) is 9.04. The first-order valence-electron chi connectivity index (χ1n) is 11.5. The number of fused-ring (bicyclic) bond motifs is 2. The van der Waals surface area contributed by atoms with Gasteiger partial charge in [0.05, 0.1) is 25.6 Å². The molecule has 2 aromatic carbocycles. The van der Waals surface area contributed by atoms with Gasteiger partial charge in [0.15, 0.2) is 5.69 Å². The van der Waals surface area contributed by atoms with E-state index >= 15 is 0 Å². The number of benzene rings is 2. The second-order valence-corrected chi connectivity index (χ2v) is 10.6. The van der Waals surface area contributed by atoms with Crippen molar-refractivity contribution in [1.29, 1.82) is 5.26 Å². The number of aryl methyl sites for hydroxylation is 1. The number of rotatable bonds is 3. The van der Waals surface area contributed by atoms with Gasteiger partial charge in [-0.3, -0.25) is 0 Å². The van der Waals surface area contributed by atoms with Gasteiger partial charge in [-0.15, -0.1) is 11.3 Å². The third kappa shape index (κ3) is 3.61. The number of aromatic amines is 1. The maximum atomic E-state index is 14.4. The third-order valence-corrected chi connectivity index (χ3v) is 8.38. The fourth-order valence-electron chi connectivity index (χ4n) is 4.98. The first-order chi connectivity index (χ1) is 17.4. The third-order valence-electron chi connectivity index (χ3n) is 6.87. The van der Waals surface area contributed by atoms with Crippen molar-refractivity contribution >= 4 is 50.1 Å². The Balaban J connectivity index is 1.35. The van der Waals surface area contributed by atoms with Gasteiger partial charge in [-0.2, -0.15) is 10.2 Å². The zero-order chi connectivity index (χ0) is 25.0. The van der Waals surface area contributed by atoms with Gasteiger partial charge in [0.25, 0.3) is 0 Å². The van der Waals surface area contributed by atoms with Crippen LogP contribution >= 0.6 is 22.9 Å². The summed E-state index contributed by atoms with van der Waals surface area (Å²) >= 11 is 8.31. The molecule has 0 unspecified atom stereocenters. The summed E-state index contributed by atoms with van der Waals surface area (Å²) in [6.07, 6.45) is 2.89. The normalized spacial score (nSPS) is 15.5. The number of hydrogen-bond acceptors (Lipinski definition) is 7. The van der Waals surface area contributed by atoms with E-state index in [0.29, 0.717) is 53.5 Å². The van der Waals surface area contributed by atoms with Crippen molar-refractivity contribution in [2.45, 2.75) is 25.3 Å². The predicted octanol–water partition coefficient (Wildman–Crippen LogP) is 5.66. The molecule has 0 radical (unpaired) electrons. The molecule has 10 heteroatoms. The highest BCUT2D eigenvalue weighted by molar-refractivity contribution is 7.19. The van der Waals surface area contributed by atoms with Gasteiger partial charge in [0, 0.05) is 41.5 Å². The molecule has 7 nitrogen and oxygen atoms in total. The summed E-state index contributed by atoms with van der Waals surface area (Å²) in [6.45, 7) is 3.03. The van der Waals surface area contributed by atoms with Gasteiger partial charge in [0.2, 0.25) is 5.95 Å². The molecular weight excluding hydrogens is 497 g/mol. The molecular formula is C26H21ClFN7S. The van der Waals surface area contributed by atoms with Crippen molar-refractivity contribution in [2.75, 3.05) is 18.0 Å².